The van der Waals surface area contributed by atoms with Crippen LogP contribution < -0.4 is 17.4 Å². The van der Waals surface area contributed by atoms with Gasteiger partial charge < -0.3 is 15.9 Å². The standard InChI is InChI=1S/C7H14N2O2.H4N2/c8-5-7(6-9,1-3-10)2-4-11;1-2/h10-11H,1-5,8H2;1-2H2. The highest BCUT2D eigenvalue weighted by atomic mass is 16.3. The topological polar surface area (TPSA) is 142 Å². The molecule has 0 aliphatic heterocycles. The van der Waals surface area contributed by atoms with E-state index in [1.807, 2.05) is 6.07 Å². The molecule has 0 saturated heterocycles. The fourth-order valence-electron chi connectivity index (χ4n) is 0.915. The molecular weight excluding hydrogens is 172 g/mol. The van der Waals surface area contributed by atoms with Crippen LogP contribution in [0, 0.1) is 16.7 Å². The molecule has 0 fully saturated rings. The molecule has 0 atom stereocenters. The summed E-state index contributed by atoms with van der Waals surface area (Å²) in [5.41, 5.74) is 4.61. The third kappa shape index (κ3) is 5.52. The van der Waals surface area contributed by atoms with Crippen LogP contribution in [0.4, 0.5) is 0 Å². The monoisotopic (exact) mass is 190 g/mol. The molecule has 0 unspecified atom stereocenters. The summed E-state index contributed by atoms with van der Waals surface area (Å²) in [6.07, 6.45) is 0.668. The zero-order valence-corrected chi connectivity index (χ0v) is 7.61. The van der Waals surface area contributed by atoms with E-state index in [2.05, 4.69) is 11.7 Å². The highest BCUT2D eigenvalue weighted by Gasteiger charge is 2.26. The van der Waals surface area contributed by atoms with Crippen LogP contribution in [0.1, 0.15) is 12.8 Å². The van der Waals surface area contributed by atoms with E-state index >= 15 is 0 Å². The summed E-state index contributed by atoms with van der Waals surface area (Å²) in [5, 5.41) is 25.9. The van der Waals surface area contributed by atoms with Gasteiger partial charge in [0.15, 0.2) is 0 Å². The van der Waals surface area contributed by atoms with Crippen molar-refractivity contribution < 1.29 is 10.2 Å². The summed E-state index contributed by atoms with van der Waals surface area (Å²) < 4.78 is 0. The van der Waals surface area contributed by atoms with Gasteiger partial charge in [-0.25, -0.2) is 0 Å². The van der Waals surface area contributed by atoms with Crippen LogP contribution in [0.5, 0.6) is 0 Å². The molecular formula is C7H18N4O2. The van der Waals surface area contributed by atoms with Crippen LogP contribution in [0.25, 0.3) is 0 Å². The molecule has 6 heteroatoms. The van der Waals surface area contributed by atoms with Gasteiger partial charge in [-0.2, -0.15) is 5.26 Å². The molecule has 6 nitrogen and oxygen atoms in total. The van der Waals surface area contributed by atoms with Crippen molar-refractivity contribution in [2.45, 2.75) is 12.8 Å². The van der Waals surface area contributed by atoms with Crippen molar-refractivity contribution in [1.82, 2.24) is 0 Å². The van der Waals surface area contributed by atoms with E-state index < -0.39 is 5.41 Å². The Morgan fingerprint density at radius 3 is 1.69 bits per heavy atom. The Morgan fingerprint density at radius 2 is 1.54 bits per heavy atom. The highest BCUT2D eigenvalue weighted by Crippen LogP contribution is 2.22. The van der Waals surface area contributed by atoms with Crippen molar-refractivity contribution in [2.75, 3.05) is 19.8 Å². The molecule has 0 amide bonds. The second-order valence-electron chi connectivity index (χ2n) is 2.54. The van der Waals surface area contributed by atoms with Gasteiger partial charge in [-0.05, 0) is 12.8 Å². The molecule has 78 valence electrons. The van der Waals surface area contributed by atoms with Gasteiger partial charge in [0.2, 0.25) is 0 Å². The number of rotatable bonds is 5. The van der Waals surface area contributed by atoms with Gasteiger partial charge in [0.1, 0.15) is 0 Å². The van der Waals surface area contributed by atoms with E-state index in [4.69, 9.17) is 21.2 Å². The van der Waals surface area contributed by atoms with E-state index in [1.54, 1.807) is 0 Å². The molecule has 0 rings (SSSR count). The summed E-state index contributed by atoms with van der Waals surface area (Å²) in [6.45, 7) is 0.0557. The van der Waals surface area contributed by atoms with Gasteiger partial charge in [0.25, 0.3) is 0 Å². The lowest BCUT2D eigenvalue weighted by Crippen LogP contribution is -2.31. The maximum absolute atomic E-state index is 8.69. The minimum absolute atomic E-state index is 0.0647. The van der Waals surface area contributed by atoms with Crippen LogP contribution in [-0.4, -0.2) is 30.0 Å². The van der Waals surface area contributed by atoms with Gasteiger partial charge >= 0.3 is 0 Å². The molecule has 0 heterocycles. The quantitative estimate of drug-likeness (QED) is 0.251. The third-order valence-corrected chi connectivity index (χ3v) is 1.81. The first kappa shape index (κ1) is 14.8. The van der Waals surface area contributed by atoms with Crippen LogP contribution >= 0.6 is 0 Å². The van der Waals surface area contributed by atoms with Crippen LogP contribution in [0.2, 0.25) is 0 Å². The average molecular weight is 190 g/mol. The highest BCUT2D eigenvalue weighted by molar-refractivity contribution is 4.99. The summed E-state index contributed by atoms with van der Waals surface area (Å²) in [5.74, 6) is 8.00. The van der Waals surface area contributed by atoms with E-state index in [1.165, 1.54) is 0 Å². The first-order valence-corrected chi connectivity index (χ1v) is 3.91. The molecule has 8 N–H and O–H groups in total. The number of hydrogen-bond donors (Lipinski definition) is 5. The summed E-state index contributed by atoms with van der Waals surface area (Å²) >= 11 is 0. The molecule has 0 radical (unpaired) electrons. The fraction of sp³-hybridized carbons (Fsp3) is 0.857. The van der Waals surface area contributed by atoms with Gasteiger partial charge in [0.05, 0.1) is 11.5 Å². The van der Waals surface area contributed by atoms with Crippen molar-refractivity contribution in [3.05, 3.63) is 0 Å². The fourth-order valence-corrected chi connectivity index (χ4v) is 0.915. The van der Waals surface area contributed by atoms with Crippen molar-refractivity contribution in [3.8, 4) is 6.07 Å². The Bertz CT molecular complexity index is 140. The second kappa shape index (κ2) is 9.38. The molecule has 0 aromatic rings. The second-order valence-corrected chi connectivity index (χ2v) is 2.54. The predicted octanol–water partition coefficient (Wildman–Crippen LogP) is -1.96. The third-order valence-electron chi connectivity index (χ3n) is 1.81. The molecule has 0 bridgehead atoms. The van der Waals surface area contributed by atoms with Crippen LogP contribution in [0.3, 0.4) is 0 Å². The zero-order valence-electron chi connectivity index (χ0n) is 7.61. The van der Waals surface area contributed by atoms with E-state index in [9.17, 15) is 0 Å². The summed E-state index contributed by atoms with van der Waals surface area (Å²) in [4.78, 5) is 0. The van der Waals surface area contributed by atoms with E-state index in [-0.39, 0.29) is 19.8 Å². The molecule has 0 aromatic heterocycles. The summed E-state index contributed by atoms with van der Waals surface area (Å²) in [6, 6.07) is 2.02. The molecule has 13 heavy (non-hydrogen) atoms. The molecule has 0 spiro atoms. The minimum Gasteiger partial charge on any atom is -0.396 e. The lowest BCUT2D eigenvalue weighted by atomic mass is 9.83. The number of aliphatic hydroxyl groups is 2. The van der Waals surface area contributed by atoms with Gasteiger partial charge in [-0.1, -0.05) is 0 Å². The average Bonchev–Trinajstić information content (AvgIpc) is 2.20. The number of hydrazine groups is 1. The Balaban J connectivity index is 0. The van der Waals surface area contributed by atoms with Gasteiger partial charge in [0, 0.05) is 19.8 Å². The van der Waals surface area contributed by atoms with Crippen molar-refractivity contribution in [2.24, 2.45) is 22.8 Å². The van der Waals surface area contributed by atoms with Crippen LogP contribution in [-0.2, 0) is 0 Å². The minimum atomic E-state index is -0.733. The molecule has 0 aliphatic carbocycles. The number of nitrogens with zero attached hydrogens (tertiary/aromatic N) is 1. The first-order chi connectivity index (χ1) is 6.24. The lowest BCUT2D eigenvalue weighted by Gasteiger charge is -2.22. The summed E-state index contributed by atoms with van der Waals surface area (Å²) in [7, 11) is 0. The van der Waals surface area contributed by atoms with Crippen molar-refractivity contribution in [1.29, 1.82) is 5.26 Å². The number of aliphatic hydroxyl groups excluding tert-OH is 2. The van der Waals surface area contributed by atoms with Gasteiger partial charge in [-0.15, -0.1) is 0 Å². The SMILES string of the molecule is N#CC(CN)(CCO)CCO.NN. The van der Waals surface area contributed by atoms with E-state index in [0.29, 0.717) is 12.8 Å². The largest absolute Gasteiger partial charge is 0.396 e. The Kier molecular flexibility index (Phi) is 10.7. The number of nitriles is 1. The normalized spacial score (nSPS) is 9.85. The van der Waals surface area contributed by atoms with Crippen molar-refractivity contribution >= 4 is 0 Å². The Labute approximate surface area is 77.9 Å². The van der Waals surface area contributed by atoms with Crippen molar-refractivity contribution in [3.63, 3.8) is 0 Å². The Hall–Kier alpha value is -0.710. The smallest absolute Gasteiger partial charge is 0.0739 e. The zero-order chi connectivity index (χ0) is 10.7. The first-order valence-electron chi connectivity index (χ1n) is 3.91. The Morgan fingerprint density at radius 1 is 1.15 bits per heavy atom. The van der Waals surface area contributed by atoms with E-state index in [0.717, 1.165) is 0 Å². The van der Waals surface area contributed by atoms with Crippen LogP contribution in [0.15, 0.2) is 0 Å². The van der Waals surface area contributed by atoms with Gasteiger partial charge in [-0.3, -0.25) is 11.7 Å². The number of nitrogens with two attached hydrogens (primary N) is 3. The number of hydrogen-bond acceptors (Lipinski definition) is 6. The maximum atomic E-state index is 8.69. The molecule has 0 saturated carbocycles. The molecule has 0 aromatic carbocycles. The lowest BCUT2D eigenvalue weighted by molar-refractivity contribution is 0.181. The molecule has 0 aliphatic rings. The predicted molar refractivity (Wildman–Crippen MR) is 48.9 cm³/mol. The maximum Gasteiger partial charge on any atom is 0.0739 e.